The number of allylic oxidation sites excluding steroid dienone is 2. The van der Waals surface area contributed by atoms with Gasteiger partial charge in [-0.1, -0.05) is 19.8 Å². The maximum atomic E-state index is 12.4. The van der Waals surface area contributed by atoms with Gasteiger partial charge in [-0.2, -0.15) is 0 Å². The van der Waals surface area contributed by atoms with E-state index < -0.39 is 5.41 Å². The summed E-state index contributed by atoms with van der Waals surface area (Å²) in [5.74, 6) is 3.33. The Labute approximate surface area is 134 Å². The number of aliphatic hydroxyl groups is 1. The van der Waals surface area contributed by atoms with Crippen molar-refractivity contribution in [2.75, 3.05) is 0 Å². The summed E-state index contributed by atoms with van der Waals surface area (Å²) in [5, 5.41) is 10.5. The van der Waals surface area contributed by atoms with Gasteiger partial charge in [0.15, 0.2) is 0 Å². The minimum atomic E-state index is -0.515. The van der Waals surface area contributed by atoms with Crippen LogP contribution in [0, 0.1) is 34.5 Å². The van der Waals surface area contributed by atoms with Gasteiger partial charge in [0.25, 0.3) is 0 Å². The third-order valence-corrected chi connectivity index (χ3v) is 8.31. The minimum absolute atomic E-state index is 0.207. The van der Waals surface area contributed by atoms with Gasteiger partial charge in [-0.15, -0.1) is 0 Å². The van der Waals surface area contributed by atoms with Gasteiger partial charge in [0.1, 0.15) is 11.5 Å². The first kappa shape index (κ1) is 14.8. The van der Waals surface area contributed by atoms with Crippen molar-refractivity contribution in [3.05, 3.63) is 11.8 Å². The molecule has 4 rings (SSSR count). The highest BCUT2D eigenvalue weighted by Crippen LogP contribution is 2.66. The summed E-state index contributed by atoms with van der Waals surface area (Å²) in [6.07, 6.45) is 13.2. The number of Topliss-reactive ketones (excluding diaryl/α,β-unsaturated/α-hetero) is 1. The standard InChI is InChI=1S/C20H30O2/c1-13(21)20-12-10-16-15(17(20)8-9-18(20)22)7-6-14-5-3-4-11-19(14,16)2/h9,14-17,22H,3-8,10-12H2,1-2H3/t14?,15-,16+,17+,19+,20-/m1/s1. The van der Waals surface area contributed by atoms with Crippen molar-refractivity contribution >= 4 is 5.78 Å². The molecule has 3 fully saturated rings. The molecule has 2 nitrogen and oxygen atoms in total. The summed E-state index contributed by atoms with van der Waals surface area (Å²) in [7, 11) is 0. The predicted octanol–water partition coefficient (Wildman–Crippen LogP) is 5.04. The molecule has 3 saturated carbocycles. The summed E-state index contributed by atoms with van der Waals surface area (Å²) in [6, 6.07) is 0. The van der Waals surface area contributed by atoms with Crippen LogP contribution in [0.2, 0.25) is 0 Å². The maximum Gasteiger partial charge on any atom is 0.143 e. The first-order chi connectivity index (χ1) is 10.5. The number of fused-ring (bicyclic) bond motifs is 5. The lowest BCUT2D eigenvalue weighted by atomic mass is 9.44. The summed E-state index contributed by atoms with van der Waals surface area (Å²) in [6.45, 7) is 4.26. The molecule has 0 saturated heterocycles. The zero-order valence-corrected chi connectivity index (χ0v) is 14.1. The molecule has 22 heavy (non-hydrogen) atoms. The van der Waals surface area contributed by atoms with Gasteiger partial charge in [-0.25, -0.2) is 0 Å². The predicted molar refractivity (Wildman–Crippen MR) is 87.4 cm³/mol. The molecule has 0 radical (unpaired) electrons. The number of carbonyl (C=O) groups is 1. The highest BCUT2D eigenvalue weighted by Gasteiger charge is 2.61. The Kier molecular flexibility index (Phi) is 3.26. The lowest BCUT2D eigenvalue weighted by Gasteiger charge is -2.59. The van der Waals surface area contributed by atoms with Crippen LogP contribution in [0.15, 0.2) is 11.8 Å². The Balaban J connectivity index is 1.69. The summed E-state index contributed by atoms with van der Waals surface area (Å²) in [5.41, 5.74) is -0.0125. The second kappa shape index (κ2) is 4.85. The van der Waals surface area contributed by atoms with E-state index in [2.05, 4.69) is 6.92 Å². The highest BCUT2D eigenvalue weighted by molar-refractivity contribution is 5.86. The van der Waals surface area contributed by atoms with Crippen molar-refractivity contribution in [1.82, 2.24) is 0 Å². The molecule has 4 aliphatic rings. The molecule has 0 amide bonds. The second-order valence-corrected chi connectivity index (χ2v) is 8.79. The van der Waals surface area contributed by atoms with Crippen LogP contribution in [0.1, 0.15) is 71.6 Å². The zero-order chi connectivity index (χ0) is 15.5. The van der Waals surface area contributed by atoms with E-state index in [0.29, 0.717) is 23.0 Å². The topological polar surface area (TPSA) is 37.3 Å². The van der Waals surface area contributed by atoms with Crippen LogP contribution < -0.4 is 0 Å². The third-order valence-electron chi connectivity index (χ3n) is 8.31. The molecule has 4 aliphatic carbocycles. The monoisotopic (exact) mass is 302 g/mol. The fourth-order valence-electron chi connectivity index (χ4n) is 7.17. The van der Waals surface area contributed by atoms with Crippen LogP contribution in [-0.4, -0.2) is 10.9 Å². The fraction of sp³-hybridized carbons (Fsp3) is 0.850. The quantitative estimate of drug-likeness (QED) is 0.736. The molecule has 0 aromatic heterocycles. The van der Waals surface area contributed by atoms with Crippen LogP contribution in [-0.2, 0) is 4.79 Å². The van der Waals surface area contributed by atoms with Crippen LogP contribution in [0.5, 0.6) is 0 Å². The zero-order valence-electron chi connectivity index (χ0n) is 14.1. The van der Waals surface area contributed by atoms with Crippen molar-refractivity contribution < 1.29 is 9.90 Å². The van der Waals surface area contributed by atoms with Gasteiger partial charge >= 0.3 is 0 Å². The average molecular weight is 302 g/mol. The van der Waals surface area contributed by atoms with E-state index in [4.69, 9.17) is 0 Å². The van der Waals surface area contributed by atoms with E-state index in [-0.39, 0.29) is 5.78 Å². The second-order valence-electron chi connectivity index (χ2n) is 8.79. The lowest BCUT2D eigenvalue weighted by molar-refractivity contribution is -0.144. The van der Waals surface area contributed by atoms with Crippen molar-refractivity contribution in [1.29, 1.82) is 0 Å². The normalized spacial score (nSPS) is 50.5. The van der Waals surface area contributed by atoms with Gasteiger partial charge in [-0.3, -0.25) is 4.79 Å². The van der Waals surface area contributed by atoms with Crippen LogP contribution in [0.4, 0.5) is 0 Å². The largest absolute Gasteiger partial charge is 0.512 e. The molecule has 6 atom stereocenters. The van der Waals surface area contributed by atoms with Crippen LogP contribution in [0.3, 0.4) is 0 Å². The molecule has 0 heterocycles. The number of rotatable bonds is 1. The molecule has 0 aromatic rings. The first-order valence-corrected chi connectivity index (χ1v) is 9.41. The van der Waals surface area contributed by atoms with Gasteiger partial charge in [-0.05, 0) is 87.0 Å². The van der Waals surface area contributed by atoms with Gasteiger partial charge in [0.05, 0.1) is 5.41 Å². The SMILES string of the molecule is CC(=O)[C@]12CC[C@H]3[C@@H](CCC4CCCC[C@@]43C)[C@@H]1CC=C2O. The molecule has 0 aliphatic heterocycles. The van der Waals surface area contributed by atoms with Crippen molar-refractivity contribution in [3.8, 4) is 0 Å². The molecule has 0 bridgehead atoms. The van der Waals surface area contributed by atoms with Gasteiger partial charge in [0.2, 0.25) is 0 Å². The summed E-state index contributed by atoms with van der Waals surface area (Å²) < 4.78 is 0. The van der Waals surface area contributed by atoms with Crippen molar-refractivity contribution in [2.45, 2.75) is 71.6 Å². The Morgan fingerprint density at radius 3 is 2.73 bits per heavy atom. The fourth-order valence-corrected chi connectivity index (χ4v) is 7.17. The first-order valence-electron chi connectivity index (χ1n) is 9.41. The van der Waals surface area contributed by atoms with Crippen molar-refractivity contribution in [3.63, 3.8) is 0 Å². The van der Waals surface area contributed by atoms with Crippen LogP contribution >= 0.6 is 0 Å². The van der Waals surface area contributed by atoms with E-state index >= 15 is 0 Å². The van der Waals surface area contributed by atoms with Crippen molar-refractivity contribution in [2.24, 2.45) is 34.5 Å². The molecule has 2 heteroatoms. The Morgan fingerprint density at radius 2 is 1.95 bits per heavy atom. The molecular weight excluding hydrogens is 272 g/mol. The number of ketones is 1. The van der Waals surface area contributed by atoms with Gasteiger partial charge in [0, 0.05) is 0 Å². The average Bonchev–Trinajstić information content (AvgIpc) is 2.85. The molecule has 1 N–H and O–H groups in total. The summed E-state index contributed by atoms with van der Waals surface area (Å²) >= 11 is 0. The van der Waals surface area contributed by atoms with E-state index in [0.717, 1.165) is 31.1 Å². The van der Waals surface area contributed by atoms with E-state index in [1.165, 1.54) is 38.5 Å². The minimum Gasteiger partial charge on any atom is -0.512 e. The summed E-state index contributed by atoms with van der Waals surface area (Å²) in [4.78, 5) is 12.4. The molecule has 1 unspecified atom stereocenters. The molecule has 0 aromatic carbocycles. The number of hydrogen-bond donors (Lipinski definition) is 1. The number of hydrogen-bond acceptors (Lipinski definition) is 2. The number of carbonyl (C=O) groups excluding carboxylic acids is 1. The Hall–Kier alpha value is -0.790. The third kappa shape index (κ3) is 1.70. The number of aliphatic hydroxyl groups excluding tert-OH is 1. The molecular formula is C20H30O2. The highest BCUT2D eigenvalue weighted by atomic mass is 16.3. The smallest absolute Gasteiger partial charge is 0.143 e. The van der Waals surface area contributed by atoms with Crippen LogP contribution in [0.25, 0.3) is 0 Å². The Morgan fingerprint density at radius 1 is 1.14 bits per heavy atom. The van der Waals surface area contributed by atoms with Gasteiger partial charge < -0.3 is 5.11 Å². The lowest BCUT2D eigenvalue weighted by Crippen LogP contribution is -2.54. The van der Waals surface area contributed by atoms with E-state index in [9.17, 15) is 9.90 Å². The maximum absolute atomic E-state index is 12.4. The van der Waals surface area contributed by atoms with E-state index in [1.807, 2.05) is 6.08 Å². The van der Waals surface area contributed by atoms with E-state index in [1.54, 1.807) is 6.92 Å². The molecule has 122 valence electrons. The molecule has 0 spiro atoms. The Bertz CT molecular complexity index is 522.